The molecule has 1 heterocycles. The number of nitrogens with zero attached hydrogens (tertiary/aromatic N) is 1. The van der Waals surface area contributed by atoms with E-state index in [1.165, 1.54) is 4.90 Å². The molecule has 0 saturated heterocycles. The van der Waals surface area contributed by atoms with Crippen molar-refractivity contribution in [2.45, 2.75) is 18.0 Å². The average Bonchev–Trinajstić information content (AvgIpc) is 2.66. The third-order valence-electron chi connectivity index (χ3n) is 4.89. The molecule has 0 fully saturated rings. The summed E-state index contributed by atoms with van der Waals surface area (Å²) in [6.45, 7) is -0.143. The topological polar surface area (TPSA) is 95.7 Å². The van der Waals surface area contributed by atoms with E-state index in [9.17, 15) is 14.7 Å². The predicted molar refractivity (Wildman–Crippen MR) is 112 cm³/mol. The van der Waals surface area contributed by atoms with E-state index in [0.29, 0.717) is 26.7 Å². The predicted octanol–water partition coefficient (Wildman–Crippen LogP) is 2.55. The summed E-state index contributed by atoms with van der Waals surface area (Å²) in [5.41, 5.74) is 7.19. The zero-order valence-corrected chi connectivity index (χ0v) is 17.1. The van der Waals surface area contributed by atoms with Gasteiger partial charge in [-0.05, 0) is 29.3 Å². The van der Waals surface area contributed by atoms with Gasteiger partial charge in [-0.15, -0.1) is 0 Å². The van der Waals surface area contributed by atoms with Gasteiger partial charge in [0.1, 0.15) is 0 Å². The van der Waals surface area contributed by atoms with E-state index < -0.39 is 23.9 Å². The fourth-order valence-corrected chi connectivity index (χ4v) is 4.42. The molecular formula is C19H19Cl2N3O3S. The Morgan fingerprint density at radius 1 is 1.25 bits per heavy atom. The van der Waals surface area contributed by atoms with Crippen LogP contribution in [0.5, 0.6) is 0 Å². The molecule has 2 aromatic rings. The van der Waals surface area contributed by atoms with Crippen molar-refractivity contribution in [3.05, 3.63) is 69.2 Å². The Kier molecular flexibility index (Phi) is 6.52. The number of primary amides is 1. The van der Waals surface area contributed by atoms with Crippen LogP contribution in [-0.4, -0.2) is 41.0 Å². The van der Waals surface area contributed by atoms with Crippen LogP contribution in [0, 0.1) is 0 Å². The molecule has 6 nitrogen and oxygen atoms in total. The molecule has 3 rings (SSSR count). The average molecular weight is 440 g/mol. The first kappa shape index (κ1) is 21.0. The number of fused-ring (bicyclic) bond motifs is 1. The normalized spacial score (nSPS) is 20.0. The van der Waals surface area contributed by atoms with Gasteiger partial charge in [-0.1, -0.05) is 60.3 Å². The van der Waals surface area contributed by atoms with Crippen LogP contribution in [0.25, 0.3) is 0 Å². The maximum absolute atomic E-state index is 13.4. The lowest BCUT2D eigenvalue weighted by atomic mass is 9.78. The second kappa shape index (κ2) is 8.71. The van der Waals surface area contributed by atoms with E-state index in [4.69, 9.17) is 28.9 Å². The van der Waals surface area contributed by atoms with E-state index in [0.717, 1.165) is 0 Å². The molecule has 0 saturated carbocycles. The highest BCUT2D eigenvalue weighted by atomic mass is 35.5. The molecule has 3 unspecified atom stereocenters. The molecule has 0 bridgehead atoms. The van der Waals surface area contributed by atoms with E-state index in [1.807, 2.05) is 0 Å². The highest BCUT2D eigenvalue weighted by Crippen LogP contribution is 2.45. The van der Waals surface area contributed by atoms with E-state index in [2.05, 4.69) is 17.5 Å². The molecule has 0 aliphatic carbocycles. The van der Waals surface area contributed by atoms with Gasteiger partial charge in [-0.2, -0.15) is 0 Å². The number of carbonyl (C=O) groups is 2. The number of carbonyl (C=O) groups excluding carboxylic acids is 2. The Balaban J connectivity index is 2.27. The van der Waals surface area contributed by atoms with Gasteiger partial charge in [-0.25, -0.2) is 0 Å². The second-order valence-corrected chi connectivity index (χ2v) is 7.65. The number of aliphatic hydroxyl groups is 1. The minimum atomic E-state index is -0.846. The van der Waals surface area contributed by atoms with Gasteiger partial charge < -0.3 is 15.7 Å². The largest absolute Gasteiger partial charge is 0.394 e. The van der Waals surface area contributed by atoms with Gasteiger partial charge in [0.15, 0.2) is 0 Å². The van der Waals surface area contributed by atoms with Crippen LogP contribution in [0.1, 0.15) is 33.4 Å². The van der Waals surface area contributed by atoms with E-state index in [1.54, 1.807) is 42.5 Å². The molecule has 9 heteroatoms. The molecular weight excluding hydrogens is 421 g/mol. The minimum Gasteiger partial charge on any atom is -0.394 e. The van der Waals surface area contributed by atoms with Crippen molar-refractivity contribution in [1.29, 1.82) is 0 Å². The summed E-state index contributed by atoms with van der Waals surface area (Å²) in [4.78, 5) is 27.3. The van der Waals surface area contributed by atoms with Gasteiger partial charge >= 0.3 is 0 Å². The maximum Gasteiger partial charge on any atom is 0.255 e. The number of aliphatic hydroxyl groups excluding tert-OH is 1. The molecule has 28 heavy (non-hydrogen) atoms. The summed E-state index contributed by atoms with van der Waals surface area (Å²) in [7, 11) is 0. The van der Waals surface area contributed by atoms with Gasteiger partial charge in [0.25, 0.3) is 5.91 Å². The summed E-state index contributed by atoms with van der Waals surface area (Å²) >= 11 is 16.5. The number of hydrogen-bond donors (Lipinski definition) is 4. The Morgan fingerprint density at radius 2 is 1.96 bits per heavy atom. The number of halogens is 2. The fourth-order valence-electron chi connectivity index (χ4n) is 3.69. The fraction of sp³-hybridized carbons (Fsp3) is 0.263. The number of nitrogens with two attached hydrogens (primary N) is 1. The molecule has 2 amide bonds. The molecule has 4 N–H and O–H groups in total. The minimum absolute atomic E-state index is 0.195. The van der Waals surface area contributed by atoms with Crippen LogP contribution in [0.3, 0.4) is 0 Å². The number of benzene rings is 2. The Labute approximate surface area is 178 Å². The molecule has 0 spiro atoms. The molecule has 0 radical (unpaired) electrons. The monoisotopic (exact) mass is 439 g/mol. The van der Waals surface area contributed by atoms with Crippen LogP contribution in [-0.2, 0) is 4.79 Å². The Hall–Kier alpha value is -1.77. The molecule has 1 aliphatic heterocycles. The number of rotatable bonds is 6. The lowest BCUT2D eigenvalue weighted by Gasteiger charge is -2.45. The zero-order valence-electron chi connectivity index (χ0n) is 14.7. The number of thiol groups is 1. The summed E-state index contributed by atoms with van der Waals surface area (Å²) in [6, 6.07) is 10.2. The molecule has 2 aromatic carbocycles. The highest BCUT2D eigenvalue weighted by Gasteiger charge is 2.46. The van der Waals surface area contributed by atoms with Crippen molar-refractivity contribution >= 4 is 47.8 Å². The lowest BCUT2D eigenvalue weighted by molar-refractivity contribution is -0.121. The van der Waals surface area contributed by atoms with Crippen LogP contribution >= 0.6 is 36.0 Å². The van der Waals surface area contributed by atoms with Crippen LogP contribution in [0.15, 0.2) is 42.5 Å². The standard InChI is InChI=1S/C19H19Cl2N3O3S/c20-10-5-6-14(15(21)7-10)17-16(18(22)26)12-3-1-2-4-13(12)19(27)24(17)11(9-25)8-23-28/h1-7,11,16-17,23,25,28H,8-9H2,(H2,22,26). The quantitative estimate of drug-likeness (QED) is 0.520. The van der Waals surface area contributed by atoms with Gasteiger partial charge in [0.2, 0.25) is 5.91 Å². The van der Waals surface area contributed by atoms with E-state index in [-0.39, 0.29) is 19.1 Å². The zero-order chi connectivity index (χ0) is 20.4. The summed E-state index contributed by atoms with van der Waals surface area (Å²) in [5.74, 6) is -1.77. The van der Waals surface area contributed by atoms with Crippen molar-refractivity contribution in [2.75, 3.05) is 13.2 Å². The van der Waals surface area contributed by atoms with Crippen molar-refractivity contribution < 1.29 is 14.7 Å². The maximum atomic E-state index is 13.4. The second-order valence-electron chi connectivity index (χ2n) is 6.49. The Bertz CT molecular complexity index is 912. The highest BCUT2D eigenvalue weighted by molar-refractivity contribution is 7.78. The van der Waals surface area contributed by atoms with Crippen LogP contribution in [0.2, 0.25) is 10.0 Å². The molecule has 0 aromatic heterocycles. The van der Waals surface area contributed by atoms with Crippen LogP contribution in [0.4, 0.5) is 0 Å². The van der Waals surface area contributed by atoms with Crippen molar-refractivity contribution in [1.82, 2.24) is 9.62 Å². The third kappa shape index (κ3) is 3.73. The number of amides is 2. The van der Waals surface area contributed by atoms with Gasteiger partial charge in [0, 0.05) is 22.2 Å². The first-order valence-electron chi connectivity index (χ1n) is 8.54. The lowest BCUT2D eigenvalue weighted by Crippen LogP contribution is -2.54. The van der Waals surface area contributed by atoms with Crippen molar-refractivity contribution in [3.63, 3.8) is 0 Å². The number of nitrogens with one attached hydrogen (secondary N) is 1. The molecule has 148 valence electrons. The summed E-state index contributed by atoms with van der Waals surface area (Å²) in [6.07, 6.45) is 0. The third-order valence-corrected chi connectivity index (χ3v) is 5.64. The SMILES string of the molecule is NC(=O)C1c2ccccc2C(=O)N(C(CO)CNS)C1c1ccc(Cl)cc1Cl. The van der Waals surface area contributed by atoms with E-state index >= 15 is 0 Å². The van der Waals surface area contributed by atoms with Crippen molar-refractivity contribution in [2.24, 2.45) is 5.73 Å². The number of hydrogen-bond acceptors (Lipinski definition) is 5. The van der Waals surface area contributed by atoms with Gasteiger partial charge in [-0.3, -0.25) is 14.3 Å². The summed E-state index contributed by atoms with van der Waals surface area (Å²) in [5, 5.41) is 10.7. The smallest absolute Gasteiger partial charge is 0.255 e. The van der Waals surface area contributed by atoms with Crippen LogP contribution < -0.4 is 10.5 Å². The summed E-state index contributed by atoms with van der Waals surface area (Å²) < 4.78 is 2.67. The molecule has 3 atom stereocenters. The van der Waals surface area contributed by atoms with Gasteiger partial charge in [0.05, 0.1) is 24.6 Å². The Morgan fingerprint density at radius 3 is 2.57 bits per heavy atom. The molecule has 1 aliphatic rings. The van der Waals surface area contributed by atoms with Crippen molar-refractivity contribution in [3.8, 4) is 0 Å². The first-order chi connectivity index (χ1) is 13.4. The first-order valence-corrected chi connectivity index (χ1v) is 9.74.